The van der Waals surface area contributed by atoms with Gasteiger partial charge in [-0.25, -0.2) is 4.98 Å². The fourth-order valence-corrected chi connectivity index (χ4v) is 1.59. The van der Waals surface area contributed by atoms with Crippen molar-refractivity contribution in [1.29, 1.82) is 0 Å². The van der Waals surface area contributed by atoms with Crippen molar-refractivity contribution in [1.82, 2.24) is 9.97 Å². The summed E-state index contributed by atoms with van der Waals surface area (Å²) in [7, 11) is 0. The van der Waals surface area contributed by atoms with Gasteiger partial charge in [-0.05, 0) is 12.1 Å². The van der Waals surface area contributed by atoms with Gasteiger partial charge in [0.05, 0.1) is 10.9 Å². The molecule has 0 radical (unpaired) electrons. The van der Waals surface area contributed by atoms with Crippen molar-refractivity contribution in [3.8, 4) is 0 Å². The second kappa shape index (κ2) is 7.11. The molecule has 3 heteroatoms. The Hall–Kier alpha value is -2.42. The van der Waals surface area contributed by atoms with E-state index in [0.717, 1.165) is 5.57 Å². The van der Waals surface area contributed by atoms with Gasteiger partial charge in [-0.3, -0.25) is 4.79 Å². The average Bonchev–Trinajstić information content (AvgIpc) is 2.47. The third-order valence-electron chi connectivity index (χ3n) is 2.40. The van der Waals surface area contributed by atoms with Crippen molar-refractivity contribution in [2.45, 2.75) is 13.8 Å². The lowest BCUT2D eigenvalue weighted by Gasteiger charge is -2.02. The number of hydrogen-bond acceptors (Lipinski definition) is 2. The van der Waals surface area contributed by atoms with E-state index in [0.29, 0.717) is 16.7 Å². The highest BCUT2D eigenvalue weighted by atomic mass is 16.1. The predicted octanol–water partition coefficient (Wildman–Crippen LogP) is 3.70. The number of fused-ring (bicyclic) bond motifs is 1. The molecule has 98 valence electrons. The molecule has 0 spiro atoms. The molecule has 2 rings (SSSR count). The predicted molar refractivity (Wildman–Crippen MR) is 82.1 cm³/mol. The topological polar surface area (TPSA) is 45.8 Å². The lowest BCUT2D eigenvalue weighted by Crippen LogP contribution is -2.10. The third-order valence-corrected chi connectivity index (χ3v) is 2.40. The lowest BCUT2D eigenvalue weighted by molar-refractivity contribution is 1.13. The molecule has 1 heterocycles. The van der Waals surface area contributed by atoms with Crippen LogP contribution in [-0.4, -0.2) is 9.97 Å². The minimum atomic E-state index is -0.151. The molecule has 1 N–H and O–H groups in total. The first-order valence-corrected chi connectivity index (χ1v) is 6.21. The maximum atomic E-state index is 11.8. The first-order chi connectivity index (χ1) is 9.26. The minimum Gasteiger partial charge on any atom is -0.306 e. The van der Waals surface area contributed by atoms with Gasteiger partial charge in [0, 0.05) is 5.57 Å². The number of nitrogens with one attached hydrogen (secondary N) is 1. The standard InChI is InChI=1S/C14H12N2O.C2H6/c1-3-7-10(4-2)13-15-12-9-6-5-8-11(12)14(17)16-13;1-2/h3-9H,1-2H2,(H,15,16,17);1-2H3/b10-7+;. The van der Waals surface area contributed by atoms with Gasteiger partial charge in [0.2, 0.25) is 0 Å². The number of rotatable bonds is 3. The molecule has 0 fully saturated rings. The van der Waals surface area contributed by atoms with Gasteiger partial charge in [-0.2, -0.15) is 0 Å². The molecule has 1 aromatic carbocycles. The van der Waals surface area contributed by atoms with E-state index in [2.05, 4.69) is 23.1 Å². The molecule has 0 atom stereocenters. The smallest absolute Gasteiger partial charge is 0.259 e. The van der Waals surface area contributed by atoms with Crippen LogP contribution in [0.2, 0.25) is 0 Å². The molecule has 0 unspecified atom stereocenters. The molecule has 0 saturated carbocycles. The summed E-state index contributed by atoms with van der Waals surface area (Å²) in [5, 5.41) is 0.582. The summed E-state index contributed by atoms with van der Waals surface area (Å²) in [6, 6.07) is 7.22. The molecule has 0 aliphatic rings. The molecule has 0 saturated heterocycles. The highest BCUT2D eigenvalue weighted by Crippen LogP contribution is 2.12. The van der Waals surface area contributed by atoms with Gasteiger partial charge >= 0.3 is 0 Å². The van der Waals surface area contributed by atoms with E-state index >= 15 is 0 Å². The van der Waals surface area contributed by atoms with Crippen molar-refractivity contribution in [2.24, 2.45) is 0 Å². The second-order valence-corrected chi connectivity index (χ2v) is 3.49. The zero-order chi connectivity index (χ0) is 14.3. The zero-order valence-electron chi connectivity index (χ0n) is 11.3. The van der Waals surface area contributed by atoms with Crippen LogP contribution < -0.4 is 5.56 Å². The van der Waals surface area contributed by atoms with Gasteiger partial charge in [0.1, 0.15) is 5.82 Å². The highest BCUT2D eigenvalue weighted by molar-refractivity contribution is 5.80. The largest absolute Gasteiger partial charge is 0.306 e. The van der Waals surface area contributed by atoms with Crippen molar-refractivity contribution < 1.29 is 0 Å². The number of benzene rings is 1. The third kappa shape index (κ3) is 3.28. The van der Waals surface area contributed by atoms with E-state index < -0.39 is 0 Å². The van der Waals surface area contributed by atoms with Crippen LogP contribution in [0.15, 0.2) is 60.4 Å². The van der Waals surface area contributed by atoms with Gasteiger partial charge in [-0.1, -0.05) is 57.4 Å². The first-order valence-electron chi connectivity index (χ1n) is 6.21. The SMILES string of the molecule is C=C/C=C(\C=C)c1nc2ccccc2c(=O)[nH]1.CC. The summed E-state index contributed by atoms with van der Waals surface area (Å²) in [6.07, 6.45) is 5.01. The number of para-hydroxylation sites is 1. The minimum absolute atomic E-state index is 0.151. The summed E-state index contributed by atoms with van der Waals surface area (Å²) in [5.74, 6) is 0.503. The Labute approximate surface area is 113 Å². The van der Waals surface area contributed by atoms with Crippen molar-refractivity contribution in [3.63, 3.8) is 0 Å². The van der Waals surface area contributed by atoms with E-state index in [1.807, 2.05) is 32.0 Å². The Morgan fingerprint density at radius 2 is 1.95 bits per heavy atom. The average molecular weight is 254 g/mol. The maximum absolute atomic E-state index is 11.8. The summed E-state index contributed by atoms with van der Waals surface area (Å²) >= 11 is 0. The molecule has 3 nitrogen and oxygen atoms in total. The maximum Gasteiger partial charge on any atom is 0.259 e. The molecule has 1 aromatic heterocycles. The normalized spacial score (nSPS) is 10.5. The van der Waals surface area contributed by atoms with Crippen LogP contribution in [-0.2, 0) is 0 Å². The molecule has 0 aliphatic carbocycles. The quantitative estimate of drug-likeness (QED) is 0.849. The molecule has 0 aliphatic heterocycles. The molecule has 0 amide bonds. The number of allylic oxidation sites excluding steroid dienone is 4. The van der Waals surface area contributed by atoms with Crippen molar-refractivity contribution in [2.75, 3.05) is 0 Å². The van der Waals surface area contributed by atoms with Gasteiger partial charge in [-0.15, -0.1) is 0 Å². The van der Waals surface area contributed by atoms with E-state index in [-0.39, 0.29) is 5.56 Å². The molecular weight excluding hydrogens is 236 g/mol. The number of H-pyrrole nitrogens is 1. The monoisotopic (exact) mass is 254 g/mol. The molecular formula is C16H18N2O. The number of nitrogens with zero attached hydrogens (tertiary/aromatic N) is 1. The Morgan fingerprint density at radius 1 is 1.26 bits per heavy atom. The second-order valence-electron chi connectivity index (χ2n) is 3.49. The summed E-state index contributed by atoms with van der Waals surface area (Å²) in [5.41, 5.74) is 1.26. The molecule has 19 heavy (non-hydrogen) atoms. The highest BCUT2D eigenvalue weighted by Gasteiger charge is 2.04. The Morgan fingerprint density at radius 3 is 2.58 bits per heavy atom. The van der Waals surface area contributed by atoms with Gasteiger partial charge in [0.25, 0.3) is 5.56 Å². The van der Waals surface area contributed by atoms with Crippen LogP contribution in [0.3, 0.4) is 0 Å². The summed E-state index contributed by atoms with van der Waals surface area (Å²) in [6.45, 7) is 11.3. The van der Waals surface area contributed by atoms with Crippen molar-refractivity contribution >= 4 is 16.5 Å². The van der Waals surface area contributed by atoms with Crippen LogP contribution >= 0.6 is 0 Å². The first kappa shape index (κ1) is 14.6. The van der Waals surface area contributed by atoms with Crippen LogP contribution in [0.25, 0.3) is 16.5 Å². The Balaban J connectivity index is 0.000000861. The fraction of sp³-hybridized carbons (Fsp3) is 0.125. The van der Waals surface area contributed by atoms with Gasteiger partial charge in [0.15, 0.2) is 0 Å². The number of aromatic amines is 1. The molecule has 0 bridgehead atoms. The van der Waals surface area contributed by atoms with Crippen LogP contribution in [0, 0.1) is 0 Å². The fourth-order valence-electron chi connectivity index (χ4n) is 1.59. The van der Waals surface area contributed by atoms with Gasteiger partial charge < -0.3 is 4.98 Å². The van der Waals surface area contributed by atoms with Crippen molar-refractivity contribution in [3.05, 3.63) is 71.8 Å². The van der Waals surface area contributed by atoms with E-state index in [9.17, 15) is 4.79 Å². The molecule has 2 aromatic rings. The number of hydrogen-bond donors (Lipinski definition) is 1. The Bertz CT molecular complexity index is 666. The lowest BCUT2D eigenvalue weighted by atomic mass is 10.2. The van der Waals surface area contributed by atoms with E-state index in [1.165, 1.54) is 0 Å². The van der Waals surface area contributed by atoms with E-state index in [1.54, 1.807) is 24.3 Å². The summed E-state index contributed by atoms with van der Waals surface area (Å²) in [4.78, 5) is 19.0. The van der Waals surface area contributed by atoms with Crippen LogP contribution in [0.1, 0.15) is 19.7 Å². The Kier molecular flexibility index (Phi) is 5.48. The summed E-state index contributed by atoms with van der Waals surface area (Å²) < 4.78 is 0. The zero-order valence-corrected chi connectivity index (χ0v) is 11.3. The van der Waals surface area contributed by atoms with E-state index in [4.69, 9.17) is 0 Å². The van der Waals surface area contributed by atoms with Crippen LogP contribution in [0.4, 0.5) is 0 Å². The number of aromatic nitrogens is 2. The van der Waals surface area contributed by atoms with Crippen LogP contribution in [0.5, 0.6) is 0 Å².